The molecule has 0 saturated carbocycles. The van der Waals surface area contributed by atoms with E-state index in [1.54, 1.807) is 6.20 Å². The minimum absolute atomic E-state index is 0.0406. The molecule has 3 heterocycles. The maximum atomic E-state index is 12.6. The highest BCUT2D eigenvalue weighted by atomic mass is 16.2. The lowest BCUT2D eigenvalue weighted by Gasteiger charge is -2.17. The van der Waals surface area contributed by atoms with E-state index in [1.807, 2.05) is 42.4 Å². The number of urea groups is 1. The largest absolute Gasteiger partial charge is 0.330 e. The van der Waals surface area contributed by atoms with Gasteiger partial charge in [-0.2, -0.15) is 0 Å². The van der Waals surface area contributed by atoms with Crippen molar-refractivity contribution in [2.75, 3.05) is 18.4 Å². The van der Waals surface area contributed by atoms with Crippen molar-refractivity contribution < 1.29 is 4.79 Å². The van der Waals surface area contributed by atoms with Crippen LogP contribution in [0.5, 0.6) is 0 Å². The summed E-state index contributed by atoms with van der Waals surface area (Å²) in [7, 11) is 2.02. The van der Waals surface area contributed by atoms with E-state index in [0.717, 1.165) is 41.9 Å². The molecule has 2 aromatic heterocycles. The first-order valence-corrected chi connectivity index (χ1v) is 9.07. The van der Waals surface area contributed by atoms with Gasteiger partial charge in [-0.1, -0.05) is 19.1 Å². The Hall–Kier alpha value is -2.89. The zero-order valence-electron chi connectivity index (χ0n) is 15.1. The van der Waals surface area contributed by atoms with Crippen molar-refractivity contribution in [3.05, 3.63) is 54.1 Å². The minimum Gasteiger partial charge on any atom is -0.330 e. The Kier molecular flexibility index (Phi) is 4.32. The molecule has 3 aromatic rings. The van der Waals surface area contributed by atoms with E-state index >= 15 is 0 Å². The number of nitrogens with zero attached hydrogens (tertiary/aromatic N) is 4. The minimum atomic E-state index is -0.0406. The van der Waals surface area contributed by atoms with Crippen molar-refractivity contribution in [3.8, 4) is 0 Å². The highest BCUT2D eigenvalue weighted by Gasteiger charge is 2.30. The summed E-state index contributed by atoms with van der Waals surface area (Å²) in [6.07, 6.45) is 5.48. The average Bonchev–Trinajstić information content (AvgIpc) is 3.27. The number of likely N-dealkylation sites (tertiary alicyclic amines) is 1. The van der Waals surface area contributed by atoms with Gasteiger partial charge < -0.3 is 14.8 Å². The number of pyridine rings is 1. The number of hydrogen-bond donors (Lipinski definition) is 1. The molecule has 134 valence electrons. The number of aryl methyl sites for hydroxylation is 2. The molecular formula is C20H23N5O. The maximum Gasteiger partial charge on any atom is 0.321 e. The number of carbonyl (C=O) groups is 1. The topological polar surface area (TPSA) is 63.1 Å². The Morgan fingerprint density at radius 3 is 3.04 bits per heavy atom. The van der Waals surface area contributed by atoms with Gasteiger partial charge in [0.05, 0.1) is 17.2 Å². The second-order valence-corrected chi connectivity index (χ2v) is 6.81. The van der Waals surface area contributed by atoms with Crippen LogP contribution in [0.1, 0.15) is 30.7 Å². The van der Waals surface area contributed by atoms with Crippen LogP contribution in [-0.4, -0.2) is 38.6 Å². The first-order chi connectivity index (χ1) is 12.7. The number of anilines is 1. The second kappa shape index (κ2) is 6.78. The van der Waals surface area contributed by atoms with Crippen LogP contribution >= 0.6 is 0 Å². The Bertz CT molecular complexity index is 948. The van der Waals surface area contributed by atoms with Crippen LogP contribution in [0.25, 0.3) is 11.0 Å². The van der Waals surface area contributed by atoms with Gasteiger partial charge in [0.25, 0.3) is 0 Å². The molecule has 6 heteroatoms. The van der Waals surface area contributed by atoms with Gasteiger partial charge in [0.1, 0.15) is 5.82 Å². The standard InChI is InChI=1S/C20H23N5O/c1-3-14-5-4-6-16(11-14)22-20(26)25-10-8-15(13-25)19-23-17-7-9-21-12-18(17)24(19)2/h4-7,9,11-12,15H,3,8,10,13H2,1-2H3,(H,22,26). The Morgan fingerprint density at radius 2 is 2.23 bits per heavy atom. The van der Waals surface area contributed by atoms with Gasteiger partial charge in [0.15, 0.2) is 0 Å². The lowest BCUT2D eigenvalue weighted by Crippen LogP contribution is -2.33. The quantitative estimate of drug-likeness (QED) is 0.786. The van der Waals surface area contributed by atoms with Gasteiger partial charge in [-0.3, -0.25) is 4.98 Å². The molecule has 0 aliphatic carbocycles. The monoisotopic (exact) mass is 349 g/mol. The third kappa shape index (κ3) is 3.03. The fourth-order valence-corrected chi connectivity index (χ4v) is 3.65. The highest BCUT2D eigenvalue weighted by Crippen LogP contribution is 2.29. The van der Waals surface area contributed by atoms with Crippen molar-refractivity contribution >= 4 is 22.8 Å². The summed E-state index contributed by atoms with van der Waals surface area (Å²) in [4.78, 5) is 23.4. The van der Waals surface area contributed by atoms with E-state index in [4.69, 9.17) is 4.98 Å². The first kappa shape index (κ1) is 16.6. The number of nitrogens with one attached hydrogen (secondary N) is 1. The van der Waals surface area contributed by atoms with Crippen molar-refractivity contribution in [2.45, 2.75) is 25.7 Å². The molecule has 0 spiro atoms. The van der Waals surface area contributed by atoms with Crippen LogP contribution < -0.4 is 5.32 Å². The third-order valence-electron chi connectivity index (χ3n) is 5.14. The fourth-order valence-electron chi connectivity index (χ4n) is 3.65. The average molecular weight is 349 g/mol. The van der Waals surface area contributed by atoms with Crippen LogP contribution in [0.2, 0.25) is 0 Å². The SMILES string of the molecule is CCc1cccc(NC(=O)N2CCC(c3nc4ccncc4n3C)C2)c1. The molecule has 1 aliphatic heterocycles. The highest BCUT2D eigenvalue weighted by molar-refractivity contribution is 5.89. The van der Waals surface area contributed by atoms with E-state index < -0.39 is 0 Å². The summed E-state index contributed by atoms with van der Waals surface area (Å²) in [5.74, 6) is 1.27. The molecule has 1 fully saturated rings. The normalized spacial score (nSPS) is 17.0. The number of benzene rings is 1. The molecule has 1 atom stereocenters. The maximum absolute atomic E-state index is 12.6. The van der Waals surface area contributed by atoms with E-state index in [1.165, 1.54) is 5.56 Å². The lowest BCUT2D eigenvalue weighted by molar-refractivity contribution is 0.222. The van der Waals surface area contributed by atoms with Gasteiger partial charge >= 0.3 is 6.03 Å². The van der Waals surface area contributed by atoms with Crippen LogP contribution in [0.3, 0.4) is 0 Å². The summed E-state index contributed by atoms with van der Waals surface area (Å²) in [5, 5.41) is 3.02. The Balaban J connectivity index is 1.47. The molecule has 6 nitrogen and oxygen atoms in total. The molecule has 0 radical (unpaired) electrons. The van der Waals surface area contributed by atoms with Gasteiger partial charge in [0, 0.05) is 37.9 Å². The molecule has 0 bridgehead atoms. The molecule has 1 unspecified atom stereocenters. The van der Waals surface area contributed by atoms with Crippen LogP contribution in [0, 0.1) is 0 Å². The lowest BCUT2D eigenvalue weighted by atomic mass is 10.1. The number of fused-ring (bicyclic) bond motifs is 1. The molecular weight excluding hydrogens is 326 g/mol. The van der Waals surface area contributed by atoms with Crippen molar-refractivity contribution in [1.82, 2.24) is 19.4 Å². The van der Waals surface area contributed by atoms with Gasteiger partial charge in [0.2, 0.25) is 0 Å². The summed E-state index contributed by atoms with van der Waals surface area (Å²) in [6.45, 7) is 3.54. The van der Waals surface area contributed by atoms with E-state index in [9.17, 15) is 4.79 Å². The van der Waals surface area contributed by atoms with Gasteiger partial charge in [-0.25, -0.2) is 9.78 Å². The fraction of sp³-hybridized carbons (Fsp3) is 0.350. The van der Waals surface area contributed by atoms with E-state index in [2.05, 4.69) is 27.9 Å². The summed E-state index contributed by atoms with van der Waals surface area (Å²) >= 11 is 0. The predicted molar refractivity (Wildman–Crippen MR) is 102 cm³/mol. The number of imidazole rings is 1. The number of aromatic nitrogens is 3. The molecule has 1 aromatic carbocycles. The van der Waals surface area contributed by atoms with Gasteiger partial charge in [-0.15, -0.1) is 0 Å². The van der Waals surface area contributed by atoms with Crippen molar-refractivity contribution in [1.29, 1.82) is 0 Å². The van der Waals surface area contributed by atoms with E-state index in [-0.39, 0.29) is 11.9 Å². The molecule has 1 N–H and O–H groups in total. The zero-order chi connectivity index (χ0) is 18.1. The summed E-state index contributed by atoms with van der Waals surface area (Å²) < 4.78 is 2.10. The molecule has 1 saturated heterocycles. The molecule has 2 amide bonds. The Labute approximate surface area is 152 Å². The smallest absolute Gasteiger partial charge is 0.321 e. The van der Waals surface area contributed by atoms with E-state index in [0.29, 0.717) is 6.54 Å². The third-order valence-corrected chi connectivity index (χ3v) is 5.14. The number of rotatable bonds is 3. The van der Waals surface area contributed by atoms with Gasteiger partial charge in [-0.05, 0) is 36.6 Å². The molecule has 1 aliphatic rings. The predicted octanol–water partition coefficient (Wildman–Crippen LogP) is 3.55. The van der Waals surface area contributed by atoms with Crippen LogP contribution in [0.4, 0.5) is 10.5 Å². The second-order valence-electron chi connectivity index (χ2n) is 6.81. The van der Waals surface area contributed by atoms with Crippen LogP contribution in [-0.2, 0) is 13.5 Å². The first-order valence-electron chi connectivity index (χ1n) is 9.07. The number of amides is 2. The number of carbonyl (C=O) groups excluding carboxylic acids is 1. The zero-order valence-corrected chi connectivity index (χ0v) is 15.1. The number of hydrogen-bond acceptors (Lipinski definition) is 3. The van der Waals surface area contributed by atoms with Crippen LogP contribution in [0.15, 0.2) is 42.7 Å². The van der Waals surface area contributed by atoms with Crippen molar-refractivity contribution in [2.24, 2.45) is 7.05 Å². The molecule has 26 heavy (non-hydrogen) atoms. The Morgan fingerprint density at radius 1 is 1.35 bits per heavy atom. The summed E-state index contributed by atoms with van der Waals surface area (Å²) in [6, 6.07) is 9.91. The summed E-state index contributed by atoms with van der Waals surface area (Å²) in [5.41, 5.74) is 4.06. The van der Waals surface area contributed by atoms with Crippen molar-refractivity contribution in [3.63, 3.8) is 0 Å². The molecule has 4 rings (SSSR count).